The van der Waals surface area contributed by atoms with Crippen molar-refractivity contribution in [2.45, 2.75) is 157 Å². The highest BCUT2D eigenvalue weighted by Crippen LogP contribution is 2.41. The Morgan fingerprint density at radius 2 is 0.943 bits per heavy atom. The number of hydrogen-bond donors (Lipinski definition) is 0. The van der Waals surface area contributed by atoms with Crippen molar-refractivity contribution >= 4 is 21.8 Å². The van der Waals surface area contributed by atoms with E-state index in [1.54, 1.807) is 0 Å². The van der Waals surface area contributed by atoms with Gasteiger partial charge in [0.25, 0.3) is 0 Å². The number of nitrogens with zero attached hydrogens (tertiary/aromatic N) is 4. The van der Waals surface area contributed by atoms with Gasteiger partial charge < -0.3 is 14.0 Å². The quantitative estimate of drug-likeness (QED) is 0.0633. The van der Waals surface area contributed by atoms with Gasteiger partial charge in [-0.25, -0.2) is 15.0 Å². The summed E-state index contributed by atoms with van der Waals surface area (Å²) in [5, 5.41) is 2.55. The van der Waals surface area contributed by atoms with Gasteiger partial charge in [0.05, 0.1) is 24.2 Å². The molecule has 2 heterocycles. The zero-order valence-electron chi connectivity index (χ0n) is 54.3. The summed E-state index contributed by atoms with van der Waals surface area (Å²) in [5.74, 6) is 4.71. The molecule has 6 heteroatoms. The van der Waals surface area contributed by atoms with E-state index >= 15 is 0 Å². The molecule has 0 saturated heterocycles. The van der Waals surface area contributed by atoms with Crippen molar-refractivity contribution in [1.29, 1.82) is 0 Å². The standard InChI is InChI=1S/C82H90N4O2/c1-55-49-62(34-42-70(55)60-31-39-68(40-32-60)87-47-25-17-15-13-14-16-18-26-48-88-69-41-33-61(52-69)58(4)59-27-21-19-22-28-59)77-83-78(63-35-43-73(56(2)50-63)82(11,12)65-29-23-20-24-30-65)85-79(84-77)64-36-44-74(57(3)51-64)86-75-45-37-66(80(5,6)7)53-71(75)72-54-67(81(8,9)10)38-46-76(72)86/h19-24,27-46,49-54,58,61H,13-18,25-26,47-48H2,1-12H3. The summed E-state index contributed by atoms with van der Waals surface area (Å²) >= 11 is 0. The van der Waals surface area contributed by atoms with Crippen molar-refractivity contribution in [3.05, 3.63) is 244 Å². The van der Waals surface area contributed by atoms with E-state index in [9.17, 15) is 0 Å². The van der Waals surface area contributed by atoms with Crippen LogP contribution in [0.25, 0.3) is 72.8 Å². The van der Waals surface area contributed by atoms with E-state index in [0.717, 1.165) is 82.2 Å². The lowest BCUT2D eigenvalue weighted by Gasteiger charge is -2.28. The normalized spacial score (nSPS) is 14.0. The third-order valence-corrected chi connectivity index (χ3v) is 18.5. The minimum atomic E-state index is -0.192. The van der Waals surface area contributed by atoms with E-state index in [2.05, 4.69) is 282 Å². The Bertz CT molecular complexity index is 4060. The molecule has 88 heavy (non-hydrogen) atoms. The number of rotatable bonds is 22. The Kier molecular flexibility index (Phi) is 18.2. The minimum absolute atomic E-state index is 0.0191. The van der Waals surface area contributed by atoms with Crippen molar-refractivity contribution in [1.82, 2.24) is 19.5 Å². The van der Waals surface area contributed by atoms with Crippen LogP contribution in [-0.4, -0.2) is 32.7 Å². The lowest BCUT2D eigenvalue weighted by atomic mass is 9.76. The van der Waals surface area contributed by atoms with Crippen LogP contribution in [0.2, 0.25) is 0 Å². The Hall–Kier alpha value is -8.35. The third kappa shape index (κ3) is 13.7. The summed E-state index contributed by atoms with van der Waals surface area (Å²) in [5.41, 5.74) is 18.6. The monoisotopic (exact) mass is 1160 g/mol. The molecule has 0 radical (unpaired) electrons. The molecule has 0 aliphatic heterocycles. The van der Waals surface area contributed by atoms with Crippen LogP contribution < -0.4 is 4.74 Å². The average Bonchev–Trinajstić information content (AvgIpc) is 1.58. The first-order chi connectivity index (χ1) is 42.3. The highest BCUT2D eigenvalue weighted by molar-refractivity contribution is 6.10. The van der Waals surface area contributed by atoms with Gasteiger partial charge in [0.2, 0.25) is 0 Å². The van der Waals surface area contributed by atoms with Crippen molar-refractivity contribution in [2.24, 2.45) is 5.92 Å². The van der Waals surface area contributed by atoms with Crippen molar-refractivity contribution in [3.63, 3.8) is 0 Å². The van der Waals surface area contributed by atoms with Gasteiger partial charge in [0, 0.05) is 44.5 Å². The Balaban J connectivity index is 0.769. The van der Waals surface area contributed by atoms with Crippen molar-refractivity contribution < 1.29 is 9.47 Å². The van der Waals surface area contributed by atoms with Crippen LogP contribution >= 0.6 is 0 Å². The molecule has 0 bridgehead atoms. The molecule has 0 spiro atoms. The number of ether oxygens (including phenoxy) is 2. The molecule has 2 unspecified atom stereocenters. The fourth-order valence-corrected chi connectivity index (χ4v) is 12.9. The number of hydrogen-bond acceptors (Lipinski definition) is 5. The second-order valence-corrected chi connectivity index (χ2v) is 27.4. The highest BCUT2D eigenvalue weighted by atomic mass is 16.5. The van der Waals surface area contributed by atoms with Gasteiger partial charge >= 0.3 is 0 Å². The van der Waals surface area contributed by atoms with Crippen molar-refractivity contribution in [3.8, 4) is 56.7 Å². The maximum atomic E-state index is 6.25. The van der Waals surface area contributed by atoms with Crippen LogP contribution in [0.15, 0.2) is 200 Å². The minimum Gasteiger partial charge on any atom is -0.494 e. The summed E-state index contributed by atoms with van der Waals surface area (Å²) in [4.78, 5) is 15.9. The van der Waals surface area contributed by atoms with Gasteiger partial charge in [-0.05, 0) is 185 Å². The summed E-state index contributed by atoms with van der Waals surface area (Å²) in [6.45, 7) is 28.8. The molecule has 2 atom stereocenters. The van der Waals surface area contributed by atoms with E-state index in [0.29, 0.717) is 29.3 Å². The van der Waals surface area contributed by atoms with Gasteiger partial charge in [-0.2, -0.15) is 0 Å². The first-order valence-corrected chi connectivity index (χ1v) is 32.4. The van der Waals surface area contributed by atoms with E-state index in [4.69, 9.17) is 24.4 Å². The molecule has 2 aromatic heterocycles. The molecule has 6 nitrogen and oxygen atoms in total. The van der Waals surface area contributed by atoms with Crippen LogP contribution in [-0.2, 0) is 21.0 Å². The molecular weight excluding hydrogens is 1070 g/mol. The van der Waals surface area contributed by atoms with Crippen LogP contribution in [0.3, 0.4) is 0 Å². The summed E-state index contributed by atoms with van der Waals surface area (Å²) in [6.07, 6.45) is 16.3. The SMILES string of the molecule is Cc1cc(-c2nc(-c3ccc(-n4c5ccc(C(C)(C)C)cc5c5cc(C(C)(C)C)ccc54)c(C)c3)nc(-c3ccc(C(C)(C)c4ccccc4)c(C)c3)n2)ccc1-c1ccc(OCCCCCCCCCCOC2=CC(C(C)c3ccccc3)C=C2)cc1. The predicted octanol–water partition coefficient (Wildman–Crippen LogP) is 21.9. The molecule has 11 rings (SSSR count). The van der Waals surface area contributed by atoms with E-state index in [1.165, 1.54) is 93.7 Å². The van der Waals surface area contributed by atoms with Gasteiger partial charge in [0.15, 0.2) is 17.5 Å². The molecular formula is C82H90N4O2. The molecule has 0 saturated carbocycles. The topological polar surface area (TPSA) is 62.1 Å². The second-order valence-electron chi connectivity index (χ2n) is 27.4. The van der Waals surface area contributed by atoms with E-state index in [-0.39, 0.29) is 16.2 Å². The molecule has 0 amide bonds. The molecule has 10 aromatic rings. The van der Waals surface area contributed by atoms with E-state index in [1.807, 2.05) is 0 Å². The lowest BCUT2D eigenvalue weighted by Crippen LogP contribution is -2.20. The number of benzene rings is 8. The summed E-state index contributed by atoms with van der Waals surface area (Å²) < 4.78 is 14.8. The maximum absolute atomic E-state index is 6.25. The number of aromatic nitrogens is 4. The zero-order valence-corrected chi connectivity index (χ0v) is 54.3. The summed E-state index contributed by atoms with van der Waals surface area (Å²) in [6, 6.07) is 64.1. The molecule has 1 aliphatic carbocycles. The fraction of sp³-hybridized carbons (Fsp3) is 0.329. The third-order valence-electron chi connectivity index (χ3n) is 18.5. The van der Waals surface area contributed by atoms with Gasteiger partial charge in [0.1, 0.15) is 11.5 Å². The molecule has 0 N–H and O–H groups in total. The summed E-state index contributed by atoms with van der Waals surface area (Å²) in [7, 11) is 0. The van der Waals surface area contributed by atoms with Crippen molar-refractivity contribution in [2.75, 3.05) is 13.2 Å². The Morgan fingerprint density at radius 3 is 1.48 bits per heavy atom. The predicted molar refractivity (Wildman–Crippen MR) is 370 cm³/mol. The average molecular weight is 1160 g/mol. The highest BCUT2D eigenvalue weighted by Gasteiger charge is 2.27. The Labute approximate surface area is 524 Å². The fourth-order valence-electron chi connectivity index (χ4n) is 12.9. The molecule has 8 aromatic carbocycles. The number of aryl methyl sites for hydroxylation is 3. The number of unbranched alkanes of at least 4 members (excludes halogenated alkanes) is 7. The largest absolute Gasteiger partial charge is 0.494 e. The van der Waals surface area contributed by atoms with Crippen LogP contribution in [0.4, 0.5) is 0 Å². The number of fused-ring (bicyclic) bond motifs is 3. The second kappa shape index (κ2) is 26.2. The first kappa shape index (κ1) is 61.3. The smallest absolute Gasteiger partial charge is 0.164 e. The zero-order chi connectivity index (χ0) is 61.7. The van der Waals surface area contributed by atoms with Crippen LogP contribution in [0, 0.1) is 26.7 Å². The lowest BCUT2D eigenvalue weighted by molar-refractivity contribution is 0.216. The number of allylic oxidation sites excluding steroid dienone is 3. The Morgan fingerprint density at radius 1 is 0.455 bits per heavy atom. The van der Waals surface area contributed by atoms with Gasteiger partial charge in [-0.15, -0.1) is 0 Å². The first-order valence-electron chi connectivity index (χ1n) is 32.4. The van der Waals surface area contributed by atoms with Crippen LogP contribution in [0.5, 0.6) is 5.75 Å². The van der Waals surface area contributed by atoms with E-state index < -0.39 is 0 Å². The van der Waals surface area contributed by atoms with Gasteiger partial charge in [-0.1, -0.05) is 216 Å². The molecule has 1 aliphatic rings. The van der Waals surface area contributed by atoms with Crippen LogP contribution in [0.1, 0.15) is 164 Å². The molecule has 0 fully saturated rings. The maximum Gasteiger partial charge on any atom is 0.164 e. The molecule has 450 valence electrons. The van der Waals surface area contributed by atoms with Gasteiger partial charge in [-0.3, -0.25) is 0 Å².